The van der Waals surface area contributed by atoms with Gasteiger partial charge in [0, 0.05) is 4.88 Å². The highest BCUT2D eigenvalue weighted by Crippen LogP contribution is 2.33. The Morgan fingerprint density at radius 3 is 2.26 bits per heavy atom. The first-order valence-electron chi connectivity index (χ1n) is 8.35. The van der Waals surface area contributed by atoms with Crippen LogP contribution in [0.3, 0.4) is 0 Å². The summed E-state index contributed by atoms with van der Waals surface area (Å²) in [7, 11) is 3.03. The molecule has 0 saturated heterocycles. The van der Waals surface area contributed by atoms with E-state index in [-0.39, 0.29) is 12.5 Å². The lowest BCUT2D eigenvalue weighted by atomic mass is 10.2. The molecule has 0 aliphatic heterocycles. The second kappa shape index (κ2) is 11.4. The molecule has 1 heterocycles. The predicted molar refractivity (Wildman–Crippen MR) is 113 cm³/mol. The molecule has 0 aliphatic rings. The number of hydrogen-bond acceptors (Lipinski definition) is 6. The van der Waals surface area contributed by atoms with Crippen LogP contribution in [0.1, 0.15) is 5.56 Å². The summed E-state index contributed by atoms with van der Waals surface area (Å²) in [6, 6.07) is 22.3. The van der Waals surface area contributed by atoms with Gasteiger partial charge >= 0.3 is 5.97 Å². The lowest BCUT2D eigenvalue weighted by Gasteiger charge is -2.01. The Hall–Kier alpha value is -2.28. The van der Waals surface area contributed by atoms with Crippen LogP contribution in [-0.2, 0) is 9.53 Å². The maximum absolute atomic E-state index is 11.0. The number of rotatable bonds is 6. The highest BCUT2D eigenvalue weighted by molar-refractivity contribution is 7.99. The van der Waals surface area contributed by atoms with E-state index in [2.05, 4.69) is 34.6 Å². The summed E-state index contributed by atoms with van der Waals surface area (Å²) in [5.41, 5.74) is 2.47. The highest BCUT2D eigenvalue weighted by atomic mass is 32.2. The minimum Gasteiger partial charge on any atom is -0.497 e. The van der Waals surface area contributed by atoms with Gasteiger partial charge in [0.1, 0.15) is 12.3 Å². The number of thiophene rings is 1. The maximum Gasteiger partial charge on any atom is 0.320 e. The normalized spacial score (nSPS) is 9.89. The molecule has 0 fully saturated rings. The van der Waals surface area contributed by atoms with Crippen LogP contribution in [0, 0.1) is 6.92 Å². The number of hydrogen-bond donors (Lipinski definition) is 1. The summed E-state index contributed by atoms with van der Waals surface area (Å²) in [5, 5.41) is 0. The zero-order valence-electron chi connectivity index (χ0n) is 15.6. The minimum atomic E-state index is -0.274. The zero-order chi connectivity index (χ0) is 19.5. The van der Waals surface area contributed by atoms with Gasteiger partial charge in [-0.15, -0.1) is 11.3 Å². The van der Waals surface area contributed by atoms with Crippen LogP contribution in [0.15, 0.2) is 70.9 Å². The number of nitrogens with one attached hydrogen (secondary N) is 1. The van der Waals surface area contributed by atoms with Gasteiger partial charge < -0.3 is 9.47 Å². The van der Waals surface area contributed by atoms with Crippen molar-refractivity contribution in [3.63, 3.8) is 0 Å². The van der Waals surface area contributed by atoms with Crippen molar-refractivity contribution in [2.75, 3.05) is 20.8 Å². The highest BCUT2D eigenvalue weighted by Gasteiger charge is 2.05. The van der Waals surface area contributed by atoms with Gasteiger partial charge in [-0.3, -0.25) is 4.79 Å². The summed E-state index contributed by atoms with van der Waals surface area (Å²) in [6.07, 6.45) is 0. The van der Waals surface area contributed by atoms with E-state index in [1.54, 1.807) is 18.4 Å². The Morgan fingerprint density at radius 1 is 1.00 bits per heavy atom. The second-order valence-electron chi connectivity index (χ2n) is 5.50. The molecule has 27 heavy (non-hydrogen) atoms. The Labute approximate surface area is 168 Å². The van der Waals surface area contributed by atoms with Gasteiger partial charge in [-0.25, -0.2) is 4.72 Å². The molecule has 142 valence electrons. The van der Waals surface area contributed by atoms with E-state index in [1.165, 1.54) is 29.5 Å². The number of esters is 1. The molecule has 1 N–H and O–H groups in total. The van der Waals surface area contributed by atoms with Crippen molar-refractivity contribution in [1.29, 1.82) is 0 Å². The summed E-state index contributed by atoms with van der Waals surface area (Å²) in [4.78, 5) is 12.2. The lowest BCUT2D eigenvalue weighted by Crippen LogP contribution is -2.17. The lowest BCUT2D eigenvalue weighted by molar-refractivity contribution is -0.139. The van der Waals surface area contributed by atoms with Crippen LogP contribution in [0.2, 0.25) is 0 Å². The van der Waals surface area contributed by atoms with Gasteiger partial charge in [0.15, 0.2) is 0 Å². The summed E-state index contributed by atoms with van der Waals surface area (Å²) in [6.45, 7) is 2.27. The molecule has 3 rings (SSSR count). The first-order chi connectivity index (χ1) is 13.1. The molecular formula is C21H23NO3S2. The number of benzene rings is 2. The molecule has 2 aromatic carbocycles. The Bertz CT molecular complexity index is 817. The number of methoxy groups -OCH3 is 2. The molecular weight excluding hydrogens is 378 g/mol. The summed E-state index contributed by atoms with van der Waals surface area (Å²) >= 11 is 3.10. The van der Waals surface area contributed by atoms with Gasteiger partial charge in [-0.05, 0) is 60.8 Å². The Balaban J connectivity index is 0.000000313. The van der Waals surface area contributed by atoms with E-state index >= 15 is 0 Å². The molecule has 0 unspecified atom stereocenters. The second-order valence-corrected chi connectivity index (χ2v) is 7.78. The summed E-state index contributed by atoms with van der Waals surface area (Å²) in [5.74, 6) is 0.573. The molecule has 0 atom stereocenters. The minimum absolute atomic E-state index is 0.191. The van der Waals surface area contributed by atoms with Crippen LogP contribution < -0.4 is 9.46 Å². The Morgan fingerprint density at radius 2 is 1.70 bits per heavy atom. The smallest absolute Gasteiger partial charge is 0.320 e. The van der Waals surface area contributed by atoms with E-state index < -0.39 is 0 Å². The first-order valence-corrected chi connectivity index (χ1v) is 9.98. The molecule has 0 saturated carbocycles. The van der Waals surface area contributed by atoms with Crippen molar-refractivity contribution in [2.24, 2.45) is 0 Å². The SMILES string of the molecule is COC(=O)CNSc1ccc(-c2ccc(OC)cc2)s1.Cc1ccccc1. The van der Waals surface area contributed by atoms with Crippen LogP contribution in [-0.4, -0.2) is 26.7 Å². The standard InChI is InChI=1S/C14H15NO3S2.C7H8/c1-17-11-5-3-10(4-6-11)12-7-8-14(19-12)20-15-9-13(16)18-2;1-7-5-3-2-4-6-7/h3-8,15H,9H2,1-2H3;2-6H,1H3. The van der Waals surface area contributed by atoms with E-state index in [1.807, 2.05) is 48.5 Å². The molecule has 0 radical (unpaired) electrons. The molecule has 0 amide bonds. The third kappa shape index (κ3) is 7.46. The summed E-state index contributed by atoms with van der Waals surface area (Å²) < 4.78 is 13.8. The van der Waals surface area contributed by atoms with Crippen LogP contribution >= 0.6 is 23.3 Å². The largest absolute Gasteiger partial charge is 0.497 e. The van der Waals surface area contributed by atoms with Crippen molar-refractivity contribution in [3.8, 4) is 16.2 Å². The molecule has 0 aliphatic carbocycles. The maximum atomic E-state index is 11.0. The molecule has 3 aromatic rings. The number of carbonyl (C=O) groups excluding carboxylic acids is 1. The predicted octanol–water partition coefficient (Wildman–Crippen LogP) is 5.19. The van der Waals surface area contributed by atoms with Crippen molar-refractivity contribution in [3.05, 3.63) is 72.3 Å². The average Bonchev–Trinajstić information content (AvgIpc) is 3.18. The quantitative estimate of drug-likeness (QED) is 0.455. The van der Waals surface area contributed by atoms with Gasteiger partial charge in [0.25, 0.3) is 0 Å². The molecule has 6 heteroatoms. The van der Waals surface area contributed by atoms with E-state index in [0.29, 0.717) is 0 Å². The van der Waals surface area contributed by atoms with Crippen LogP contribution in [0.4, 0.5) is 0 Å². The Kier molecular flexibility index (Phi) is 8.91. The monoisotopic (exact) mass is 401 g/mol. The van der Waals surface area contributed by atoms with Crippen molar-refractivity contribution in [1.82, 2.24) is 4.72 Å². The van der Waals surface area contributed by atoms with Gasteiger partial charge in [0.2, 0.25) is 0 Å². The van der Waals surface area contributed by atoms with Gasteiger partial charge in [0.05, 0.1) is 18.4 Å². The molecule has 0 spiro atoms. The van der Waals surface area contributed by atoms with Crippen LogP contribution in [0.5, 0.6) is 5.75 Å². The van der Waals surface area contributed by atoms with E-state index in [4.69, 9.17) is 4.74 Å². The average molecular weight is 402 g/mol. The van der Waals surface area contributed by atoms with Crippen molar-refractivity contribution >= 4 is 29.3 Å². The van der Waals surface area contributed by atoms with Gasteiger partial charge in [-0.1, -0.05) is 35.9 Å². The fourth-order valence-corrected chi connectivity index (χ4v) is 3.88. The third-order valence-electron chi connectivity index (χ3n) is 3.51. The topological polar surface area (TPSA) is 47.6 Å². The molecule has 1 aromatic heterocycles. The fourth-order valence-electron chi connectivity index (χ4n) is 2.06. The molecule has 0 bridgehead atoms. The fraction of sp³-hybridized carbons (Fsp3) is 0.190. The number of carbonyl (C=O) groups is 1. The number of ether oxygens (including phenoxy) is 2. The van der Waals surface area contributed by atoms with E-state index in [0.717, 1.165) is 15.5 Å². The first kappa shape index (κ1) is 21.0. The number of aryl methyl sites for hydroxylation is 1. The van der Waals surface area contributed by atoms with Crippen molar-refractivity contribution < 1.29 is 14.3 Å². The van der Waals surface area contributed by atoms with Gasteiger partial charge in [-0.2, -0.15) is 0 Å². The molecule has 4 nitrogen and oxygen atoms in total. The van der Waals surface area contributed by atoms with Crippen molar-refractivity contribution in [2.45, 2.75) is 11.1 Å². The third-order valence-corrected chi connectivity index (χ3v) is 5.57. The van der Waals surface area contributed by atoms with E-state index in [9.17, 15) is 4.79 Å². The zero-order valence-corrected chi connectivity index (χ0v) is 17.2. The van der Waals surface area contributed by atoms with Crippen LogP contribution in [0.25, 0.3) is 10.4 Å².